The molecule has 4 heteroatoms. The fourth-order valence-corrected chi connectivity index (χ4v) is 3.13. The molecule has 4 nitrogen and oxygen atoms in total. The van der Waals surface area contributed by atoms with E-state index in [1.54, 1.807) is 0 Å². The molecule has 2 aliphatic rings. The average Bonchev–Trinajstić information content (AvgIpc) is 3.00. The standard InChI is InChI=1S/C15H26N4/c1-2-8-19-15(5-7-17-19)11-16-10-13-6-9-18(12-13)14-3-4-14/h5,7,13-14,16H,2-4,6,8-12H2,1H3. The number of rotatable bonds is 7. The summed E-state index contributed by atoms with van der Waals surface area (Å²) in [6.45, 7) is 7.98. The highest BCUT2D eigenvalue weighted by Crippen LogP contribution is 2.31. The lowest BCUT2D eigenvalue weighted by Crippen LogP contribution is -2.28. The zero-order chi connectivity index (χ0) is 13.1. The largest absolute Gasteiger partial charge is 0.311 e. The monoisotopic (exact) mass is 262 g/mol. The highest BCUT2D eigenvalue weighted by atomic mass is 15.3. The van der Waals surface area contributed by atoms with Crippen LogP contribution in [-0.2, 0) is 13.1 Å². The summed E-state index contributed by atoms with van der Waals surface area (Å²) in [7, 11) is 0. The first-order valence-corrected chi connectivity index (χ1v) is 7.82. The molecule has 1 aromatic heterocycles. The van der Waals surface area contributed by atoms with Crippen LogP contribution in [0.2, 0.25) is 0 Å². The molecule has 0 bridgehead atoms. The van der Waals surface area contributed by atoms with Crippen molar-refractivity contribution in [3.05, 3.63) is 18.0 Å². The minimum Gasteiger partial charge on any atom is -0.311 e. The van der Waals surface area contributed by atoms with Gasteiger partial charge < -0.3 is 10.2 Å². The summed E-state index contributed by atoms with van der Waals surface area (Å²) in [4.78, 5) is 2.69. The summed E-state index contributed by atoms with van der Waals surface area (Å²) in [5.41, 5.74) is 1.32. The second kappa shape index (κ2) is 6.06. The topological polar surface area (TPSA) is 33.1 Å². The summed E-state index contributed by atoms with van der Waals surface area (Å²) in [5.74, 6) is 0.850. The van der Waals surface area contributed by atoms with Crippen LogP contribution >= 0.6 is 0 Å². The van der Waals surface area contributed by atoms with Crippen molar-refractivity contribution in [3.8, 4) is 0 Å². The molecule has 1 saturated heterocycles. The van der Waals surface area contributed by atoms with Gasteiger partial charge in [-0.15, -0.1) is 0 Å². The number of aryl methyl sites for hydroxylation is 1. The smallest absolute Gasteiger partial charge is 0.0522 e. The van der Waals surface area contributed by atoms with Crippen LogP contribution in [0.4, 0.5) is 0 Å². The molecule has 0 aromatic carbocycles. The van der Waals surface area contributed by atoms with Gasteiger partial charge in [0.2, 0.25) is 0 Å². The molecule has 106 valence electrons. The third-order valence-corrected chi connectivity index (χ3v) is 4.36. The van der Waals surface area contributed by atoms with Crippen molar-refractivity contribution in [2.75, 3.05) is 19.6 Å². The summed E-state index contributed by atoms with van der Waals surface area (Å²) in [5, 5.41) is 7.99. The molecule has 0 amide bonds. The van der Waals surface area contributed by atoms with Crippen LogP contribution in [0, 0.1) is 5.92 Å². The average molecular weight is 262 g/mol. The first kappa shape index (κ1) is 13.1. The summed E-state index contributed by atoms with van der Waals surface area (Å²) < 4.78 is 2.12. The molecule has 1 aliphatic carbocycles. The maximum atomic E-state index is 4.37. The lowest BCUT2D eigenvalue weighted by Gasteiger charge is -2.15. The van der Waals surface area contributed by atoms with E-state index in [2.05, 4.69) is 33.0 Å². The maximum absolute atomic E-state index is 4.37. The molecule has 2 fully saturated rings. The van der Waals surface area contributed by atoms with E-state index in [-0.39, 0.29) is 0 Å². The van der Waals surface area contributed by atoms with Gasteiger partial charge in [-0.2, -0.15) is 5.10 Å². The van der Waals surface area contributed by atoms with Crippen LogP contribution < -0.4 is 5.32 Å². The van der Waals surface area contributed by atoms with E-state index in [9.17, 15) is 0 Å². The third-order valence-electron chi connectivity index (χ3n) is 4.36. The molecule has 0 radical (unpaired) electrons. The molecule has 1 aromatic rings. The molecular weight excluding hydrogens is 236 g/mol. The number of aromatic nitrogens is 2. The zero-order valence-electron chi connectivity index (χ0n) is 12.0. The predicted octanol–water partition coefficient (Wildman–Crippen LogP) is 1.87. The van der Waals surface area contributed by atoms with Crippen molar-refractivity contribution in [2.24, 2.45) is 5.92 Å². The summed E-state index contributed by atoms with van der Waals surface area (Å²) in [6.07, 6.45) is 7.31. The lowest BCUT2D eigenvalue weighted by atomic mass is 10.1. The quantitative estimate of drug-likeness (QED) is 0.814. The van der Waals surface area contributed by atoms with Gasteiger partial charge in [-0.25, -0.2) is 0 Å². The Morgan fingerprint density at radius 2 is 2.26 bits per heavy atom. The number of nitrogens with zero attached hydrogens (tertiary/aromatic N) is 3. The first-order valence-electron chi connectivity index (χ1n) is 7.82. The van der Waals surface area contributed by atoms with Gasteiger partial charge in [0.15, 0.2) is 0 Å². The van der Waals surface area contributed by atoms with Gasteiger partial charge >= 0.3 is 0 Å². The Hall–Kier alpha value is -0.870. The Balaban J connectivity index is 1.39. The van der Waals surface area contributed by atoms with E-state index in [4.69, 9.17) is 0 Å². The summed E-state index contributed by atoms with van der Waals surface area (Å²) in [6, 6.07) is 3.07. The van der Waals surface area contributed by atoms with Gasteiger partial charge in [0, 0.05) is 31.9 Å². The Labute approximate surface area is 116 Å². The summed E-state index contributed by atoms with van der Waals surface area (Å²) >= 11 is 0. The molecule has 1 unspecified atom stereocenters. The number of hydrogen-bond acceptors (Lipinski definition) is 3. The minimum atomic E-state index is 0.850. The fourth-order valence-electron chi connectivity index (χ4n) is 3.13. The fraction of sp³-hybridized carbons (Fsp3) is 0.800. The van der Waals surface area contributed by atoms with Crippen LogP contribution in [-0.4, -0.2) is 40.4 Å². The Kier molecular flexibility index (Phi) is 4.18. The van der Waals surface area contributed by atoms with Gasteiger partial charge in [-0.1, -0.05) is 6.92 Å². The lowest BCUT2D eigenvalue weighted by molar-refractivity contribution is 0.311. The molecule has 3 rings (SSSR count). The Morgan fingerprint density at radius 3 is 3.05 bits per heavy atom. The van der Waals surface area contributed by atoms with E-state index in [1.807, 2.05) is 6.20 Å². The number of hydrogen-bond donors (Lipinski definition) is 1. The van der Waals surface area contributed by atoms with E-state index in [1.165, 1.54) is 38.0 Å². The highest BCUT2D eigenvalue weighted by Gasteiger charge is 2.33. The van der Waals surface area contributed by atoms with Crippen molar-refractivity contribution in [1.82, 2.24) is 20.0 Å². The normalized spacial score (nSPS) is 24.2. The van der Waals surface area contributed by atoms with Crippen molar-refractivity contribution < 1.29 is 0 Å². The second-order valence-electron chi connectivity index (χ2n) is 6.06. The van der Waals surface area contributed by atoms with E-state index < -0.39 is 0 Å². The molecule has 1 N–H and O–H groups in total. The Bertz CT molecular complexity index is 397. The van der Waals surface area contributed by atoms with Gasteiger partial charge in [-0.3, -0.25) is 4.68 Å². The van der Waals surface area contributed by atoms with E-state index >= 15 is 0 Å². The zero-order valence-corrected chi connectivity index (χ0v) is 12.0. The van der Waals surface area contributed by atoms with Gasteiger partial charge in [-0.05, 0) is 50.8 Å². The maximum Gasteiger partial charge on any atom is 0.0522 e. The molecule has 2 heterocycles. The van der Waals surface area contributed by atoms with Crippen LogP contribution in [0.5, 0.6) is 0 Å². The van der Waals surface area contributed by atoms with Crippen LogP contribution in [0.3, 0.4) is 0 Å². The number of nitrogens with one attached hydrogen (secondary N) is 1. The molecule has 1 atom stereocenters. The SMILES string of the molecule is CCCn1nccc1CNCC1CCN(C2CC2)C1. The number of likely N-dealkylation sites (tertiary alicyclic amines) is 1. The van der Waals surface area contributed by atoms with Crippen molar-refractivity contribution in [2.45, 2.75) is 51.7 Å². The van der Waals surface area contributed by atoms with Crippen molar-refractivity contribution in [3.63, 3.8) is 0 Å². The molecule has 1 saturated carbocycles. The first-order chi connectivity index (χ1) is 9.36. The highest BCUT2D eigenvalue weighted by molar-refractivity contribution is 5.00. The van der Waals surface area contributed by atoms with Gasteiger partial charge in [0.05, 0.1) is 5.69 Å². The molecular formula is C15H26N4. The van der Waals surface area contributed by atoms with Gasteiger partial charge in [0.1, 0.15) is 0 Å². The molecule has 1 aliphatic heterocycles. The second-order valence-corrected chi connectivity index (χ2v) is 6.06. The van der Waals surface area contributed by atoms with Crippen LogP contribution in [0.1, 0.15) is 38.3 Å². The van der Waals surface area contributed by atoms with Crippen LogP contribution in [0.15, 0.2) is 12.3 Å². The molecule has 19 heavy (non-hydrogen) atoms. The van der Waals surface area contributed by atoms with E-state index in [0.29, 0.717) is 0 Å². The van der Waals surface area contributed by atoms with Gasteiger partial charge in [0.25, 0.3) is 0 Å². The van der Waals surface area contributed by atoms with Crippen LogP contribution in [0.25, 0.3) is 0 Å². The predicted molar refractivity (Wildman–Crippen MR) is 76.9 cm³/mol. The molecule has 0 spiro atoms. The minimum absolute atomic E-state index is 0.850. The Morgan fingerprint density at radius 1 is 1.37 bits per heavy atom. The third kappa shape index (κ3) is 3.37. The van der Waals surface area contributed by atoms with Crippen molar-refractivity contribution >= 4 is 0 Å². The van der Waals surface area contributed by atoms with E-state index in [0.717, 1.165) is 38.0 Å². The van der Waals surface area contributed by atoms with Crippen molar-refractivity contribution in [1.29, 1.82) is 0 Å².